The standard InChI is InChI=1S/C28H29N3O6S/c1-4-37-24-14-12-23(13-15-24)30-27(33)18-26(28(30)34)31(19(2)21-8-6-5-7-9-21)38(35,36)25-16-10-22(11-17-25)29-20(3)32/h5-17,19,26H,4,18H2,1-3H3,(H,29,32). The second kappa shape index (κ2) is 11.2. The fourth-order valence-electron chi connectivity index (χ4n) is 4.50. The van der Waals surface area contributed by atoms with E-state index in [-0.39, 0.29) is 17.2 Å². The van der Waals surface area contributed by atoms with Crippen LogP contribution >= 0.6 is 0 Å². The molecule has 3 amide bonds. The van der Waals surface area contributed by atoms with E-state index in [2.05, 4.69) is 5.32 Å². The number of rotatable bonds is 9. The van der Waals surface area contributed by atoms with Gasteiger partial charge in [0.25, 0.3) is 5.91 Å². The van der Waals surface area contributed by atoms with Gasteiger partial charge in [-0.15, -0.1) is 0 Å². The number of nitrogens with zero attached hydrogens (tertiary/aromatic N) is 2. The van der Waals surface area contributed by atoms with Crippen LogP contribution in [0.3, 0.4) is 0 Å². The van der Waals surface area contributed by atoms with Gasteiger partial charge in [0.2, 0.25) is 21.8 Å². The minimum Gasteiger partial charge on any atom is -0.494 e. The molecule has 3 aromatic carbocycles. The number of carbonyl (C=O) groups excluding carboxylic acids is 3. The van der Waals surface area contributed by atoms with Crippen molar-refractivity contribution in [3.05, 3.63) is 84.4 Å². The maximum absolute atomic E-state index is 14.0. The maximum Gasteiger partial charge on any atom is 0.252 e. The van der Waals surface area contributed by atoms with Gasteiger partial charge in [-0.05, 0) is 67.9 Å². The summed E-state index contributed by atoms with van der Waals surface area (Å²) >= 11 is 0. The van der Waals surface area contributed by atoms with E-state index < -0.39 is 33.9 Å². The van der Waals surface area contributed by atoms with Gasteiger partial charge in [0.1, 0.15) is 11.8 Å². The predicted octanol–water partition coefficient (Wildman–Crippen LogP) is 4.13. The molecule has 3 aromatic rings. The highest BCUT2D eigenvalue weighted by Gasteiger charge is 2.49. The summed E-state index contributed by atoms with van der Waals surface area (Å²) in [5.41, 5.74) is 1.45. The number of carbonyl (C=O) groups is 3. The third-order valence-corrected chi connectivity index (χ3v) is 8.24. The van der Waals surface area contributed by atoms with Gasteiger partial charge in [0.15, 0.2) is 0 Å². The molecular formula is C28H29N3O6S. The zero-order valence-corrected chi connectivity index (χ0v) is 22.1. The van der Waals surface area contributed by atoms with Gasteiger partial charge in [0.05, 0.1) is 23.6 Å². The Hall–Kier alpha value is -4.02. The monoisotopic (exact) mass is 535 g/mol. The van der Waals surface area contributed by atoms with E-state index in [4.69, 9.17) is 4.74 Å². The molecule has 1 aliphatic rings. The minimum atomic E-state index is -4.25. The number of anilines is 2. The molecule has 1 N–H and O–H groups in total. The fraction of sp³-hybridized carbons (Fsp3) is 0.250. The lowest BCUT2D eigenvalue weighted by molar-refractivity contribution is -0.122. The first-order valence-electron chi connectivity index (χ1n) is 12.2. The van der Waals surface area contributed by atoms with Crippen LogP contribution in [0, 0.1) is 0 Å². The van der Waals surface area contributed by atoms with E-state index in [1.54, 1.807) is 55.5 Å². The van der Waals surface area contributed by atoms with Gasteiger partial charge < -0.3 is 10.1 Å². The summed E-state index contributed by atoms with van der Waals surface area (Å²) in [7, 11) is -4.25. The molecule has 0 aromatic heterocycles. The molecule has 4 rings (SSSR count). The Morgan fingerprint density at radius 2 is 1.66 bits per heavy atom. The van der Waals surface area contributed by atoms with Gasteiger partial charge >= 0.3 is 0 Å². The first kappa shape index (κ1) is 27.0. The van der Waals surface area contributed by atoms with E-state index in [1.165, 1.54) is 31.2 Å². The first-order chi connectivity index (χ1) is 18.1. The van der Waals surface area contributed by atoms with Crippen LogP contribution in [0.2, 0.25) is 0 Å². The number of amides is 3. The molecule has 1 fully saturated rings. The van der Waals surface area contributed by atoms with Crippen molar-refractivity contribution in [1.29, 1.82) is 0 Å². The summed E-state index contributed by atoms with van der Waals surface area (Å²) in [5, 5.41) is 2.60. The van der Waals surface area contributed by atoms with E-state index >= 15 is 0 Å². The van der Waals surface area contributed by atoms with E-state index in [0.717, 1.165) is 9.21 Å². The van der Waals surface area contributed by atoms with Gasteiger partial charge in [0, 0.05) is 18.7 Å². The first-order valence-corrected chi connectivity index (χ1v) is 13.6. The van der Waals surface area contributed by atoms with Crippen molar-refractivity contribution in [2.75, 3.05) is 16.8 Å². The second-order valence-corrected chi connectivity index (χ2v) is 10.7. The number of hydrogen-bond donors (Lipinski definition) is 1. The van der Waals surface area contributed by atoms with Crippen LogP contribution in [-0.4, -0.2) is 43.1 Å². The van der Waals surface area contributed by atoms with Crippen molar-refractivity contribution in [3.63, 3.8) is 0 Å². The van der Waals surface area contributed by atoms with Crippen LogP contribution in [0.1, 0.15) is 38.8 Å². The molecule has 198 valence electrons. The Balaban J connectivity index is 1.73. The van der Waals surface area contributed by atoms with Crippen LogP contribution in [-0.2, 0) is 24.4 Å². The Kier molecular flexibility index (Phi) is 7.94. The Morgan fingerprint density at radius 3 is 2.24 bits per heavy atom. The zero-order valence-electron chi connectivity index (χ0n) is 21.3. The maximum atomic E-state index is 14.0. The highest BCUT2D eigenvalue weighted by Crippen LogP contribution is 2.36. The van der Waals surface area contributed by atoms with Crippen molar-refractivity contribution in [2.45, 2.75) is 44.2 Å². The highest BCUT2D eigenvalue weighted by atomic mass is 32.2. The Labute approximate surface area is 222 Å². The SMILES string of the molecule is CCOc1ccc(N2C(=O)CC(N(C(C)c3ccccc3)S(=O)(=O)c3ccc(NC(C)=O)cc3)C2=O)cc1. The molecule has 0 spiro atoms. The average molecular weight is 536 g/mol. The van der Waals surface area contributed by atoms with Crippen molar-refractivity contribution < 1.29 is 27.5 Å². The molecule has 2 atom stereocenters. The number of nitrogens with one attached hydrogen (secondary N) is 1. The molecule has 2 unspecified atom stereocenters. The number of ether oxygens (including phenoxy) is 1. The quantitative estimate of drug-likeness (QED) is 0.412. The van der Waals surface area contributed by atoms with Crippen LogP contribution < -0.4 is 15.0 Å². The second-order valence-electron chi connectivity index (χ2n) is 8.84. The molecule has 1 heterocycles. The molecule has 1 saturated heterocycles. The predicted molar refractivity (Wildman–Crippen MR) is 143 cm³/mol. The van der Waals surface area contributed by atoms with Crippen molar-refractivity contribution in [3.8, 4) is 5.75 Å². The lowest BCUT2D eigenvalue weighted by atomic mass is 10.1. The van der Waals surface area contributed by atoms with Crippen molar-refractivity contribution >= 4 is 39.1 Å². The van der Waals surface area contributed by atoms with E-state index in [0.29, 0.717) is 29.3 Å². The number of imide groups is 1. The molecule has 0 radical (unpaired) electrons. The van der Waals surface area contributed by atoms with Crippen LogP contribution in [0.5, 0.6) is 5.75 Å². The molecule has 1 aliphatic heterocycles. The van der Waals surface area contributed by atoms with Crippen LogP contribution in [0.4, 0.5) is 11.4 Å². The smallest absolute Gasteiger partial charge is 0.252 e. The lowest BCUT2D eigenvalue weighted by Gasteiger charge is -2.32. The number of hydrogen-bond acceptors (Lipinski definition) is 6. The zero-order chi connectivity index (χ0) is 27.4. The Morgan fingerprint density at radius 1 is 1.03 bits per heavy atom. The molecular weight excluding hydrogens is 506 g/mol. The lowest BCUT2D eigenvalue weighted by Crippen LogP contribution is -2.46. The van der Waals surface area contributed by atoms with Gasteiger partial charge in [-0.3, -0.25) is 14.4 Å². The van der Waals surface area contributed by atoms with Gasteiger partial charge in [-0.25, -0.2) is 13.3 Å². The molecule has 10 heteroatoms. The van der Waals surface area contributed by atoms with E-state index in [9.17, 15) is 22.8 Å². The van der Waals surface area contributed by atoms with Crippen molar-refractivity contribution in [1.82, 2.24) is 4.31 Å². The number of benzene rings is 3. The topological polar surface area (TPSA) is 113 Å². The summed E-state index contributed by atoms with van der Waals surface area (Å²) in [6.07, 6.45) is -0.299. The van der Waals surface area contributed by atoms with Crippen molar-refractivity contribution in [2.24, 2.45) is 0 Å². The largest absolute Gasteiger partial charge is 0.494 e. The molecule has 0 saturated carbocycles. The van der Waals surface area contributed by atoms with Gasteiger partial charge in [-0.2, -0.15) is 4.31 Å². The van der Waals surface area contributed by atoms with Gasteiger partial charge in [-0.1, -0.05) is 30.3 Å². The normalized spacial score (nSPS) is 16.5. The minimum absolute atomic E-state index is 0.0610. The summed E-state index contributed by atoms with van der Waals surface area (Å²) in [6.45, 7) is 5.37. The number of sulfonamides is 1. The van der Waals surface area contributed by atoms with E-state index in [1.807, 2.05) is 13.0 Å². The average Bonchev–Trinajstić information content (AvgIpc) is 3.18. The molecule has 38 heavy (non-hydrogen) atoms. The molecule has 0 aliphatic carbocycles. The summed E-state index contributed by atoms with van der Waals surface area (Å²) in [6, 6.07) is 19.2. The summed E-state index contributed by atoms with van der Waals surface area (Å²) < 4.78 is 34.6. The third-order valence-electron chi connectivity index (χ3n) is 6.25. The fourth-order valence-corrected chi connectivity index (χ4v) is 6.26. The molecule has 0 bridgehead atoms. The molecule has 9 nitrogen and oxygen atoms in total. The summed E-state index contributed by atoms with van der Waals surface area (Å²) in [5.74, 6) is -0.813. The third kappa shape index (κ3) is 5.46. The summed E-state index contributed by atoms with van der Waals surface area (Å²) in [4.78, 5) is 39.1. The highest BCUT2D eigenvalue weighted by molar-refractivity contribution is 7.89. The van der Waals surface area contributed by atoms with Crippen LogP contribution in [0.15, 0.2) is 83.8 Å². The van der Waals surface area contributed by atoms with Crippen LogP contribution in [0.25, 0.3) is 0 Å². The Bertz CT molecular complexity index is 1420.